The number of fused-ring (bicyclic) bond motifs is 3. The molecule has 3 aromatic heterocycles. The highest BCUT2D eigenvalue weighted by Gasteiger charge is 2.55. The van der Waals surface area contributed by atoms with E-state index < -0.39 is 0 Å². The second-order valence-corrected chi connectivity index (χ2v) is 8.03. The number of piperidine rings is 1. The predicted octanol–water partition coefficient (Wildman–Crippen LogP) is 3.09. The second kappa shape index (κ2) is 6.47. The second-order valence-electron chi connectivity index (χ2n) is 8.03. The smallest absolute Gasteiger partial charge is 0.141 e. The minimum Gasteiger partial charge on any atom is -0.346 e. The molecule has 0 aliphatic carbocycles. The van der Waals surface area contributed by atoms with Gasteiger partial charge in [0.25, 0.3) is 0 Å². The highest BCUT2D eigenvalue weighted by atomic mass is 15.4. The number of benzene rings is 1. The van der Waals surface area contributed by atoms with Gasteiger partial charge in [0.15, 0.2) is 0 Å². The van der Waals surface area contributed by atoms with Crippen LogP contribution in [0.2, 0.25) is 0 Å². The molecular formula is C23H22N6. The van der Waals surface area contributed by atoms with E-state index in [4.69, 9.17) is 4.98 Å². The van der Waals surface area contributed by atoms with Gasteiger partial charge in [-0.05, 0) is 30.2 Å². The number of nitrogens with zero attached hydrogens (tertiary/aromatic N) is 4. The number of hydrogen-bond donors (Lipinski definition) is 2. The Labute approximate surface area is 169 Å². The summed E-state index contributed by atoms with van der Waals surface area (Å²) in [6.45, 7) is 2.96. The van der Waals surface area contributed by atoms with Gasteiger partial charge in [0.05, 0.1) is 16.9 Å². The summed E-state index contributed by atoms with van der Waals surface area (Å²) < 4.78 is 0. The summed E-state index contributed by atoms with van der Waals surface area (Å²) in [6, 6.07) is 17.6. The molecule has 1 aromatic carbocycles. The van der Waals surface area contributed by atoms with Crippen molar-refractivity contribution in [3.05, 3.63) is 78.5 Å². The van der Waals surface area contributed by atoms with Gasteiger partial charge in [0.1, 0.15) is 12.0 Å². The van der Waals surface area contributed by atoms with E-state index in [0.717, 1.165) is 54.0 Å². The zero-order valence-electron chi connectivity index (χ0n) is 16.0. The minimum atomic E-state index is -0.0215. The maximum Gasteiger partial charge on any atom is 0.141 e. The molecule has 2 saturated heterocycles. The Kier molecular flexibility index (Phi) is 3.76. The fraction of sp³-hybridized carbons (Fsp3) is 0.261. The lowest BCUT2D eigenvalue weighted by Crippen LogP contribution is -2.73. The van der Waals surface area contributed by atoms with Crippen LogP contribution in [0.15, 0.2) is 67.3 Å². The molecule has 2 N–H and O–H groups in total. The van der Waals surface area contributed by atoms with Gasteiger partial charge in [-0.15, -0.1) is 0 Å². The molecule has 0 spiro atoms. The lowest BCUT2D eigenvalue weighted by Gasteiger charge is -2.62. The molecule has 2 unspecified atom stereocenters. The Morgan fingerprint density at radius 2 is 1.97 bits per heavy atom. The molecule has 2 fully saturated rings. The summed E-state index contributed by atoms with van der Waals surface area (Å²) in [5.41, 5.74) is 5.27. The number of pyridine rings is 1. The molecule has 4 aromatic rings. The first kappa shape index (κ1) is 16.8. The highest BCUT2D eigenvalue weighted by molar-refractivity contribution is 5.90. The molecule has 6 rings (SSSR count). The van der Waals surface area contributed by atoms with Gasteiger partial charge in [0.2, 0.25) is 0 Å². The van der Waals surface area contributed by atoms with Crippen LogP contribution in [0.3, 0.4) is 0 Å². The van der Waals surface area contributed by atoms with Crippen LogP contribution in [0.5, 0.6) is 0 Å². The fourth-order valence-electron chi connectivity index (χ4n) is 4.97. The molecule has 144 valence electrons. The van der Waals surface area contributed by atoms with Gasteiger partial charge in [-0.3, -0.25) is 9.88 Å². The third-order valence-electron chi connectivity index (χ3n) is 6.42. The number of aromatic nitrogens is 4. The number of H-pyrrole nitrogens is 1. The summed E-state index contributed by atoms with van der Waals surface area (Å²) in [7, 11) is 0. The third kappa shape index (κ3) is 2.60. The molecular weight excluding hydrogens is 360 g/mol. The van der Waals surface area contributed by atoms with E-state index in [1.54, 1.807) is 6.33 Å². The Hall–Kier alpha value is -3.09. The number of piperazine rings is 1. The lowest BCUT2D eigenvalue weighted by molar-refractivity contribution is -0.114. The Bertz CT molecular complexity index is 1150. The van der Waals surface area contributed by atoms with Gasteiger partial charge < -0.3 is 10.3 Å². The molecule has 2 atom stereocenters. The first-order valence-corrected chi connectivity index (χ1v) is 10.1. The van der Waals surface area contributed by atoms with Gasteiger partial charge >= 0.3 is 0 Å². The fourth-order valence-corrected chi connectivity index (χ4v) is 4.97. The van der Waals surface area contributed by atoms with Crippen molar-refractivity contribution in [2.24, 2.45) is 0 Å². The average molecular weight is 382 g/mol. The molecule has 2 aliphatic heterocycles. The maximum absolute atomic E-state index is 4.92. The Morgan fingerprint density at radius 1 is 1.03 bits per heavy atom. The molecule has 6 nitrogen and oxygen atoms in total. The zero-order chi connectivity index (χ0) is 19.3. The van der Waals surface area contributed by atoms with Crippen molar-refractivity contribution < 1.29 is 0 Å². The number of rotatable bonds is 4. The van der Waals surface area contributed by atoms with Gasteiger partial charge in [-0.25, -0.2) is 9.97 Å². The summed E-state index contributed by atoms with van der Waals surface area (Å²) in [4.78, 5) is 19.5. The SMILES string of the molecule is c1ccc(CN2C3CNCC2(c2ccc(-c4ncnc5[nH]ccc45)cn2)C3)cc1. The third-order valence-corrected chi connectivity index (χ3v) is 6.42. The highest BCUT2D eigenvalue weighted by Crippen LogP contribution is 2.47. The van der Waals surface area contributed by atoms with E-state index in [1.165, 1.54) is 5.56 Å². The molecule has 2 bridgehead atoms. The van der Waals surface area contributed by atoms with Crippen LogP contribution in [0.25, 0.3) is 22.3 Å². The normalized spacial score (nSPS) is 23.8. The minimum absolute atomic E-state index is 0.0215. The first-order valence-electron chi connectivity index (χ1n) is 10.1. The predicted molar refractivity (Wildman–Crippen MR) is 112 cm³/mol. The van der Waals surface area contributed by atoms with Crippen LogP contribution in [0.4, 0.5) is 0 Å². The number of aromatic amines is 1. The number of hydrogen-bond acceptors (Lipinski definition) is 5. The van der Waals surface area contributed by atoms with Crippen LogP contribution in [0.1, 0.15) is 17.7 Å². The van der Waals surface area contributed by atoms with Gasteiger partial charge in [-0.1, -0.05) is 30.3 Å². The zero-order valence-corrected chi connectivity index (χ0v) is 16.0. The van der Waals surface area contributed by atoms with E-state index in [1.807, 2.05) is 18.5 Å². The molecule has 6 heteroatoms. The molecule has 2 aliphatic rings. The van der Waals surface area contributed by atoms with Crippen LogP contribution in [0, 0.1) is 0 Å². The Morgan fingerprint density at radius 3 is 2.79 bits per heavy atom. The number of nitrogens with one attached hydrogen (secondary N) is 2. The standard InChI is InChI=1S/C23H22N6/c1-2-4-16(5-3-1)13-29-18-10-23(29,14-24-12-18)20-7-6-17(11-26-20)21-19-8-9-25-22(19)28-15-27-21/h1-9,11,15,18,24H,10,12-14H2,(H,25,27,28). The molecule has 0 amide bonds. The largest absolute Gasteiger partial charge is 0.346 e. The summed E-state index contributed by atoms with van der Waals surface area (Å²) >= 11 is 0. The van der Waals surface area contributed by atoms with Crippen molar-refractivity contribution in [2.45, 2.75) is 24.5 Å². The van der Waals surface area contributed by atoms with Crippen molar-refractivity contribution in [3.8, 4) is 11.3 Å². The van der Waals surface area contributed by atoms with Crippen molar-refractivity contribution >= 4 is 11.0 Å². The average Bonchev–Trinajstić information content (AvgIpc) is 3.27. The van der Waals surface area contributed by atoms with Gasteiger partial charge in [0, 0.05) is 49.0 Å². The monoisotopic (exact) mass is 382 g/mol. The summed E-state index contributed by atoms with van der Waals surface area (Å²) in [6.07, 6.45) is 6.62. The van der Waals surface area contributed by atoms with Crippen LogP contribution < -0.4 is 5.32 Å². The van der Waals surface area contributed by atoms with Crippen molar-refractivity contribution in [2.75, 3.05) is 13.1 Å². The Balaban J connectivity index is 1.33. The summed E-state index contributed by atoms with van der Waals surface area (Å²) in [5.74, 6) is 0. The molecule has 0 saturated carbocycles. The van der Waals surface area contributed by atoms with E-state index in [2.05, 4.69) is 67.6 Å². The molecule has 5 heterocycles. The molecule has 29 heavy (non-hydrogen) atoms. The van der Waals surface area contributed by atoms with Crippen molar-refractivity contribution in [1.82, 2.24) is 30.2 Å². The van der Waals surface area contributed by atoms with E-state index in [0.29, 0.717) is 6.04 Å². The van der Waals surface area contributed by atoms with Crippen LogP contribution in [-0.2, 0) is 12.1 Å². The quantitative estimate of drug-likeness (QED) is 0.568. The van der Waals surface area contributed by atoms with E-state index >= 15 is 0 Å². The summed E-state index contributed by atoms with van der Waals surface area (Å²) in [5, 5.41) is 4.62. The first-order chi connectivity index (χ1) is 14.3. The maximum atomic E-state index is 4.92. The van der Waals surface area contributed by atoms with Crippen LogP contribution >= 0.6 is 0 Å². The van der Waals surface area contributed by atoms with E-state index in [9.17, 15) is 0 Å². The topological polar surface area (TPSA) is 69.7 Å². The lowest BCUT2D eigenvalue weighted by atomic mass is 9.72. The van der Waals surface area contributed by atoms with Crippen molar-refractivity contribution in [1.29, 1.82) is 0 Å². The van der Waals surface area contributed by atoms with Gasteiger partial charge in [-0.2, -0.15) is 0 Å². The van der Waals surface area contributed by atoms with Crippen molar-refractivity contribution in [3.63, 3.8) is 0 Å². The van der Waals surface area contributed by atoms with Crippen LogP contribution in [-0.4, -0.2) is 44.0 Å². The van der Waals surface area contributed by atoms with E-state index in [-0.39, 0.29) is 5.54 Å². The molecule has 0 radical (unpaired) electrons.